The monoisotopic (exact) mass is 231 g/mol. The molecule has 1 aliphatic rings. The molecule has 0 aliphatic carbocycles. The summed E-state index contributed by atoms with van der Waals surface area (Å²) in [6.07, 6.45) is 0. The summed E-state index contributed by atoms with van der Waals surface area (Å²) in [5.41, 5.74) is 8.04. The summed E-state index contributed by atoms with van der Waals surface area (Å²) < 4.78 is 0. The molecule has 0 bridgehead atoms. The molecule has 0 saturated carbocycles. The van der Waals surface area contributed by atoms with Crippen molar-refractivity contribution < 1.29 is 4.79 Å². The van der Waals surface area contributed by atoms with E-state index in [0.717, 1.165) is 16.8 Å². The second kappa shape index (κ2) is 3.87. The van der Waals surface area contributed by atoms with Crippen LogP contribution in [0.15, 0.2) is 23.2 Å². The summed E-state index contributed by atoms with van der Waals surface area (Å²) in [4.78, 5) is 16.1. The van der Waals surface area contributed by atoms with Crippen molar-refractivity contribution in [2.24, 2.45) is 10.7 Å². The van der Waals surface area contributed by atoms with Crippen molar-refractivity contribution in [3.63, 3.8) is 0 Å². The van der Waals surface area contributed by atoms with Crippen molar-refractivity contribution in [3.05, 3.63) is 29.3 Å². The number of carbonyl (C=O) groups excluding carboxylic acids is 1. The zero-order valence-electron chi connectivity index (χ0n) is 10.4. The van der Waals surface area contributed by atoms with E-state index in [4.69, 9.17) is 5.73 Å². The lowest BCUT2D eigenvalue weighted by molar-refractivity contribution is -0.119. The van der Waals surface area contributed by atoms with E-state index in [1.807, 2.05) is 39.0 Å². The molecular formula is C13H17N3O. The zero-order valence-corrected chi connectivity index (χ0v) is 10.4. The van der Waals surface area contributed by atoms with Gasteiger partial charge in [-0.1, -0.05) is 12.1 Å². The fourth-order valence-corrected chi connectivity index (χ4v) is 2.19. The number of rotatable bonds is 2. The van der Waals surface area contributed by atoms with Crippen LogP contribution < -0.4 is 11.1 Å². The van der Waals surface area contributed by atoms with E-state index >= 15 is 0 Å². The van der Waals surface area contributed by atoms with E-state index in [0.29, 0.717) is 12.4 Å². The third-order valence-corrected chi connectivity index (χ3v) is 3.11. The molecule has 90 valence electrons. The molecule has 0 saturated heterocycles. The predicted molar refractivity (Wildman–Crippen MR) is 69.4 cm³/mol. The van der Waals surface area contributed by atoms with E-state index < -0.39 is 5.41 Å². The lowest BCUT2D eigenvalue weighted by Gasteiger charge is -2.18. The lowest BCUT2D eigenvalue weighted by Crippen LogP contribution is -2.29. The van der Waals surface area contributed by atoms with Gasteiger partial charge in [-0.15, -0.1) is 0 Å². The molecule has 1 heterocycles. The molecule has 0 aromatic heterocycles. The van der Waals surface area contributed by atoms with Crippen LogP contribution in [0.25, 0.3) is 0 Å². The normalized spacial score (nSPS) is 17.8. The second-order valence-electron chi connectivity index (χ2n) is 4.67. The third-order valence-electron chi connectivity index (χ3n) is 3.11. The summed E-state index contributed by atoms with van der Waals surface area (Å²) in [5, 5.41) is 2.88. The van der Waals surface area contributed by atoms with Gasteiger partial charge in [0.1, 0.15) is 5.84 Å². The maximum atomic E-state index is 11.9. The quantitative estimate of drug-likeness (QED) is 0.600. The minimum atomic E-state index is -0.556. The highest BCUT2D eigenvalue weighted by Crippen LogP contribution is 2.39. The number of nitrogens with one attached hydrogen (secondary N) is 1. The van der Waals surface area contributed by atoms with Crippen molar-refractivity contribution >= 4 is 17.4 Å². The number of aliphatic imine (C=N–C) groups is 1. The van der Waals surface area contributed by atoms with E-state index in [9.17, 15) is 4.79 Å². The Kier molecular flexibility index (Phi) is 2.65. The summed E-state index contributed by atoms with van der Waals surface area (Å²) in [5.74, 6) is 0.498. The predicted octanol–water partition coefficient (Wildman–Crippen LogP) is 1.64. The molecule has 4 heteroatoms. The average Bonchev–Trinajstić information content (AvgIpc) is 2.50. The van der Waals surface area contributed by atoms with Crippen molar-refractivity contribution in [2.45, 2.75) is 26.2 Å². The summed E-state index contributed by atoms with van der Waals surface area (Å²) in [6.45, 7) is 6.37. The second-order valence-corrected chi connectivity index (χ2v) is 4.67. The molecule has 3 N–H and O–H groups in total. The van der Waals surface area contributed by atoms with Gasteiger partial charge in [0.2, 0.25) is 5.91 Å². The molecule has 1 aromatic rings. The van der Waals surface area contributed by atoms with Gasteiger partial charge in [0.25, 0.3) is 0 Å². The maximum absolute atomic E-state index is 11.9. The Morgan fingerprint density at radius 3 is 2.82 bits per heavy atom. The minimum absolute atomic E-state index is 0.00393. The highest BCUT2D eigenvalue weighted by molar-refractivity contribution is 6.11. The Morgan fingerprint density at radius 2 is 2.18 bits per heavy atom. The van der Waals surface area contributed by atoms with Crippen molar-refractivity contribution in [3.8, 4) is 0 Å². The number of hydrogen-bond acceptors (Lipinski definition) is 2. The van der Waals surface area contributed by atoms with Gasteiger partial charge in [-0.3, -0.25) is 9.79 Å². The SMILES string of the molecule is CCN=C(N)c1cccc2c1C(C)(C)C(=O)N2. The molecule has 0 atom stereocenters. The van der Waals surface area contributed by atoms with E-state index in [2.05, 4.69) is 10.3 Å². The van der Waals surface area contributed by atoms with E-state index in [-0.39, 0.29) is 5.91 Å². The zero-order chi connectivity index (χ0) is 12.6. The first-order chi connectivity index (χ1) is 7.98. The Bertz CT molecular complexity index is 503. The van der Waals surface area contributed by atoms with Gasteiger partial charge >= 0.3 is 0 Å². The van der Waals surface area contributed by atoms with Crippen LogP contribution >= 0.6 is 0 Å². The van der Waals surface area contributed by atoms with Crippen LogP contribution in [0.5, 0.6) is 0 Å². The fraction of sp³-hybridized carbons (Fsp3) is 0.385. The van der Waals surface area contributed by atoms with Crippen molar-refractivity contribution in [1.29, 1.82) is 0 Å². The number of fused-ring (bicyclic) bond motifs is 1. The highest BCUT2D eigenvalue weighted by atomic mass is 16.2. The fourth-order valence-electron chi connectivity index (χ4n) is 2.19. The highest BCUT2D eigenvalue weighted by Gasteiger charge is 2.40. The summed E-state index contributed by atoms with van der Waals surface area (Å²) in [6, 6.07) is 5.69. The molecule has 0 unspecified atom stereocenters. The molecule has 2 rings (SSSR count). The third kappa shape index (κ3) is 1.69. The molecule has 0 fully saturated rings. The first-order valence-corrected chi connectivity index (χ1v) is 5.73. The molecule has 1 aromatic carbocycles. The molecule has 4 nitrogen and oxygen atoms in total. The van der Waals surface area contributed by atoms with Crippen molar-refractivity contribution in [1.82, 2.24) is 0 Å². The number of anilines is 1. The average molecular weight is 231 g/mol. The van der Waals surface area contributed by atoms with Gasteiger partial charge in [0.05, 0.1) is 5.41 Å². The molecular weight excluding hydrogens is 214 g/mol. The molecule has 1 aliphatic heterocycles. The van der Waals surface area contributed by atoms with Crippen LogP contribution in [0, 0.1) is 0 Å². The van der Waals surface area contributed by atoms with E-state index in [1.54, 1.807) is 0 Å². The van der Waals surface area contributed by atoms with Gasteiger partial charge in [-0.05, 0) is 26.8 Å². The molecule has 0 spiro atoms. The van der Waals surface area contributed by atoms with Crippen LogP contribution in [-0.2, 0) is 10.2 Å². The topological polar surface area (TPSA) is 67.5 Å². The number of benzene rings is 1. The lowest BCUT2D eigenvalue weighted by atomic mass is 9.83. The number of amidine groups is 1. The Morgan fingerprint density at radius 1 is 1.47 bits per heavy atom. The van der Waals surface area contributed by atoms with Gasteiger partial charge < -0.3 is 11.1 Å². The van der Waals surface area contributed by atoms with E-state index in [1.165, 1.54) is 0 Å². The molecule has 1 amide bonds. The van der Waals surface area contributed by atoms with Crippen LogP contribution in [0.3, 0.4) is 0 Å². The van der Waals surface area contributed by atoms with Gasteiger partial charge in [0.15, 0.2) is 0 Å². The number of nitrogens with zero attached hydrogens (tertiary/aromatic N) is 1. The summed E-state index contributed by atoms with van der Waals surface area (Å²) >= 11 is 0. The maximum Gasteiger partial charge on any atom is 0.234 e. The Balaban J connectivity index is 2.64. The number of hydrogen-bond donors (Lipinski definition) is 2. The summed E-state index contributed by atoms with van der Waals surface area (Å²) in [7, 11) is 0. The van der Waals surface area contributed by atoms with Gasteiger partial charge in [-0.2, -0.15) is 0 Å². The largest absolute Gasteiger partial charge is 0.383 e. The smallest absolute Gasteiger partial charge is 0.234 e. The van der Waals surface area contributed by atoms with Crippen LogP contribution in [0.1, 0.15) is 31.9 Å². The molecule has 17 heavy (non-hydrogen) atoms. The van der Waals surface area contributed by atoms with Crippen LogP contribution in [0.2, 0.25) is 0 Å². The number of carbonyl (C=O) groups is 1. The van der Waals surface area contributed by atoms with Crippen LogP contribution in [-0.4, -0.2) is 18.3 Å². The Labute approximate surface area is 101 Å². The number of amides is 1. The molecule has 0 radical (unpaired) electrons. The standard InChI is InChI=1S/C13H17N3O/c1-4-15-11(14)8-6-5-7-9-10(8)13(2,3)12(17)16-9/h5-7H,4H2,1-3H3,(H2,14,15)(H,16,17). The van der Waals surface area contributed by atoms with Crippen molar-refractivity contribution in [2.75, 3.05) is 11.9 Å². The van der Waals surface area contributed by atoms with Crippen LogP contribution in [0.4, 0.5) is 5.69 Å². The first kappa shape index (κ1) is 11.6. The minimum Gasteiger partial charge on any atom is -0.383 e. The number of nitrogens with two attached hydrogens (primary N) is 1. The van der Waals surface area contributed by atoms with Gasteiger partial charge in [-0.25, -0.2) is 0 Å². The Hall–Kier alpha value is -1.84. The first-order valence-electron chi connectivity index (χ1n) is 5.73. The van der Waals surface area contributed by atoms with Gasteiger partial charge in [0, 0.05) is 23.4 Å².